The third-order valence-corrected chi connectivity index (χ3v) is 4.51. The minimum Gasteiger partial charge on any atom is -0.493 e. The first-order valence-corrected chi connectivity index (χ1v) is 8.98. The van der Waals surface area contributed by atoms with Crippen molar-refractivity contribution >= 4 is 11.8 Å². The number of methoxy groups -OCH3 is 1. The van der Waals surface area contributed by atoms with Crippen molar-refractivity contribution in [2.45, 2.75) is 6.18 Å². The molecule has 2 amide bonds. The molecule has 0 aromatic heterocycles. The first-order valence-electron chi connectivity index (χ1n) is 8.98. The van der Waals surface area contributed by atoms with Crippen molar-refractivity contribution in [2.24, 2.45) is 11.5 Å². The molecular weight excluding hydrogens is 432 g/mol. The maximum atomic E-state index is 13.6. The fraction of sp³-hybridized carbons (Fsp3) is 0.0909. The van der Waals surface area contributed by atoms with Gasteiger partial charge in [-0.3, -0.25) is 9.59 Å². The van der Waals surface area contributed by atoms with E-state index in [4.69, 9.17) is 20.9 Å². The average molecular weight is 448 g/mol. The highest BCUT2D eigenvalue weighted by molar-refractivity contribution is 6.01. The van der Waals surface area contributed by atoms with Crippen LogP contribution < -0.4 is 20.9 Å². The van der Waals surface area contributed by atoms with Crippen LogP contribution in [0.5, 0.6) is 17.2 Å². The Morgan fingerprint density at radius 1 is 0.906 bits per heavy atom. The topological polar surface area (TPSA) is 105 Å². The summed E-state index contributed by atoms with van der Waals surface area (Å²) in [5.74, 6) is -3.68. The minimum absolute atomic E-state index is 0.0151. The van der Waals surface area contributed by atoms with E-state index in [1.807, 2.05) is 0 Å². The summed E-state index contributed by atoms with van der Waals surface area (Å²) in [5, 5.41) is 0. The van der Waals surface area contributed by atoms with Crippen LogP contribution in [0, 0.1) is 5.82 Å². The molecule has 0 aliphatic rings. The van der Waals surface area contributed by atoms with Crippen LogP contribution >= 0.6 is 0 Å². The molecule has 0 radical (unpaired) electrons. The lowest BCUT2D eigenvalue weighted by atomic mass is 9.95. The lowest BCUT2D eigenvalue weighted by Gasteiger charge is -2.20. The highest BCUT2D eigenvalue weighted by atomic mass is 19.4. The van der Waals surface area contributed by atoms with E-state index in [2.05, 4.69) is 0 Å². The largest absolute Gasteiger partial charge is 0.493 e. The Morgan fingerprint density at radius 2 is 1.62 bits per heavy atom. The smallest absolute Gasteiger partial charge is 0.417 e. The fourth-order valence-corrected chi connectivity index (χ4v) is 3.07. The third-order valence-electron chi connectivity index (χ3n) is 4.51. The molecule has 0 heterocycles. The molecule has 0 fully saturated rings. The Balaban J connectivity index is 2.34. The van der Waals surface area contributed by atoms with Gasteiger partial charge in [0.1, 0.15) is 11.6 Å². The molecule has 0 aliphatic carbocycles. The Hall–Kier alpha value is -4.08. The van der Waals surface area contributed by atoms with Crippen molar-refractivity contribution in [3.8, 4) is 28.4 Å². The highest BCUT2D eigenvalue weighted by Gasteiger charge is 2.38. The minimum atomic E-state index is -4.93. The number of carbonyl (C=O) groups excluding carboxylic acids is 2. The summed E-state index contributed by atoms with van der Waals surface area (Å²) in [6, 6.07) is 10.5. The molecule has 32 heavy (non-hydrogen) atoms. The zero-order valence-electron chi connectivity index (χ0n) is 16.5. The summed E-state index contributed by atoms with van der Waals surface area (Å²) in [6.07, 6.45) is -4.93. The molecule has 6 nitrogen and oxygen atoms in total. The molecule has 3 aromatic rings. The number of nitrogens with two attached hydrogens (primary N) is 2. The van der Waals surface area contributed by atoms with E-state index in [0.717, 1.165) is 24.3 Å². The molecule has 0 aliphatic heterocycles. The van der Waals surface area contributed by atoms with Crippen LogP contribution in [-0.2, 0) is 6.18 Å². The fourth-order valence-electron chi connectivity index (χ4n) is 3.07. The number of alkyl halides is 3. The quantitative estimate of drug-likeness (QED) is 0.542. The molecule has 0 spiro atoms. The summed E-state index contributed by atoms with van der Waals surface area (Å²) in [6.45, 7) is 0. The van der Waals surface area contributed by atoms with Gasteiger partial charge in [-0.15, -0.1) is 0 Å². The van der Waals surface area contributed by atoms with Crippen LogP contribution in [-0.4, -0.2) is 18.9 Å². The molecule has 0 saturated carbocycles. The van der Waals surface area contributed by atoms with Crippen LogP contribution in [0.1, 0.15) is 26.3 Å². The lowest BCUT2D eigenvalue weighted by Crippen LogP contribution is -2.20. The Bertz CT molecular complexity index is 1210. The van der Waals surface area contributed by atoms with Crippen LogP contribution in [0.2, 0.25) is 0 Å². The number of carbonyl (C=O) groups is 2. The Morgan fingerprint density at radius 3 is 2.22 bits per heavy atom. The summed E-state index contributed by atoms with van der Waals surface area (Å²) in [4.78, 5) is 23.7. The van der Waals surface area contributed by atoms with Crippen molar-refractivity contribution in [3.05, 3.63) is 77.1 Å². The second-order valence-electron chi connectivity index (χ2n) is 6.57. The number of hydrogen-bond acceptors (Lipinski definition) is 4. The number of rotatable bonds is 6. The van der Waals surface area contributed by atoms with Crippen molar-refractivity contribution in [2.75, 3.05) is 7.11 Å². The predicted octanol–water partition coefficient (Wildman–Crippen LogP) is 4.51. The van der Waals surface area contributed by atoms with Gasteiger partial charge in [-0.05, 0) is 42.0 Å². The molecular formula is C22H16F4N2O4. The molecule has 0 unspecified atom stereocenters. The highest BCUT2D eigenvalue weighted by Crippen LogP contribution is 2.44. The van der Waals surface area contributed by atoms with Crippen molar-refractivity contribution in [1.82, 2.24) is 0 Å². The zero-order chi connectivity index (χ0) is 23.6. The summed E-state index contributed by atoms with van der Waals surface area (Å²) in [5.41, 5.74) is 8.65. The number of hydrogen-bond donors (Lipinski definition) is 2. The lowest BCUT2D eigenvalue weighted by molar-refractivity contribution is -0.138. The predicted molar refractivity (Wildman–Crippen MR) is 107 cm³/mol. The number of ether oxygens (including phenoxy) is 2. The average Bonchev–Trinajstić information content (AvgIpc) is 2.73. The van der Waals surface area contributed by atoms with Gasteiger partial charge in [0.25, 0.3) is 5.91 Å². The molecule has 166 valence electrons. The second kappa shape index (κ2) is 8.58. The van der Waals surface area contributed by atoms with Crippen LogP contribution in [0.25, 0.3) is 11.1 Å². The first-order chi connectivity index (χ1) is 15.0. The maximum Gasteiger partial charge on any atom is 0.417 e. The van der Waals surface area contributed by atoms with Crippen molar-refractivity contribution in [1.29, 1.82) is 0 Å². The van der Waals surface area contributed by atoms with E-state index in [0.29, 0.717) is 6.07 Å². The van der Waals surface area contributed by atoms with Crippen molar-refractivity contribution in [3.63, 3.8) is 0 Å². The summed E-state index contributed by atoms with van der Waals surface area (Å²) < 4.78 is 65.1. The van der Waals surface area contributed by atoms with Gasteiger partial charge < -0.3 is 20.9 Å². The molecule has 4 N–H and O–H groups in total. The van der Waals surface area contributed by atoms with E-state index in [-0.39, 0.29) is 28.2 Å². The number of primary amides is 2. The molecule has 0 saturated heterocycles. The molecule has 10 heteroatoms. The van der Waals surface area contributed by atoms with Gasteiger partial charge in [-0.2, -0.15) is 13.2 Å². The molecule has 0 atom stereocenters. The maximum absolute atomic E-state index is 13.6. The number of halogens is 4. The van der Waals surface area contributed by atoms with Crippen molar-refractivity contribution < 1.29 is 36.6 Å². The Labute approximate surface area is 179 Å². The SMILES string of the molecule is COc1cc(F)ccc1Oc1c(-c2cccc(C(N)=O)c2)ccc(C(F)(F)F)c1C(N)=O. The van der Waals surface area contributed by atoms with E-state index in [1.54, 1.807) is 0 Å². The van der Waals surface area contributed by atoms with Gasteiger partial charge in [0.05, 0.1) is 18.2 Å². The molecule has 3 rings (SSSR count). The van der Waals surface area contributed by atoms with Crippen LogP contribution in [0.3, 0.4) is 0 Å². The normalized spacial score (nSPS) is 11.2. The second-order valence-corrected chi connectivity index (χ2v) is 6.57. The summed E-state index contributed by atoms with van der Waals surface area (Å²) >= 11 is 0. The van der Waals surface area contributed by atoms with Gasteiger partial charge in [-0.1, -0.05) is 12.1 Å². The van der Waals surface area contributed by atoms with E-state index in [9.17, 15) is 27.2 Å². The van der Waals surface area contributed by atoms with E-state index in [1.165, 1.54) is 31.4 Å². The van der Waals surface area contributed by atoms with Gasteiger partial charge in [0, 0.05) is 17.2 Å². The van der Waals surface area contributed by atoms with Gasteiger partial charge >= 0.3 is 6.18 Å². The van der Waals surface area contributed by atoms with Gasteiger partial charge in [0.15, 0.2) is 11.5 Å². The first kappa shape index (κ1) is 22.6. The monoisotopic (exact) mass is 448 g/mol. The Kier molecular flexibility index (Phi) is 6.06. The van der Waals surface area contributed by atoms with Gasteiger partial charge in [-0.25, -0.2) is 4.39 Å². The third kappa shape index (κ3) is 4.48. The van der Waals surface area contributed by atoms with Crippen LogP contribution in [0.15, 0.2) is 54.6 Å². The van der Waals surface area contributed by atoms with Gasteiger partial charge in [0.2, 0.25) is 5.91 Å². The molecule has 0 bridgehead atoms. The molecule has 3 aromatic carbocycles. The zero-order valence-corrected chi connectivity index (χ0v) is 16.5. The standard InChI is InChI=1S/C22H16F4N2O4/c1-31-17-10-13(23)5-8-16(17)32-19-14(11-3-2-4-12(9-11)20(27)29)6-7-15(22(24,25)26)18(19)21(28)30/h2-10H,1H3,(H2,27,29)(H2,28,30). The number of amides is 2. The van der Waals surface area contributed by atoms with E-state index < -0.39 is 40.7 Å². The summed E-state index contributed by atoms with van der Waals surface area (Å²) in [7, 11) is 1.21. The van der Waals surface area contributed by atoms with Crippen LogP contribution in [0.4, 0.5) is 17.6 Å². The number of benzene rings is 3. The van der Waals surface area contributed by atoms with E-state index >= 15 is 0 Å².